The maximum absolute atomic E-state index is 12.3. The number of carbonyl (C=O) groups is 1. The highest BCUT2D eigenvalue weighted by atomic mass is 16.3. The minimum Gasteiger partial charge on any atom is -0.390 e. The third-order valence-electron chi connectivity index (χ3n) is 4.46. The van der Waals surface area contributed by atoms with E-state index in [1.807, 2.05) is 18.2 Å². The lowest BCUT2D eigenvalue weighted by atomic mass is 9.91. The Morgan fingerprint density at radius 2 is 1.96 bits per heavy atom. The van der Waals surface area contributed by atoms with Crippen molar-refractivity contribution in [3.8, 4) is 0 Å². The molecule has 24 heavy (non-hydrogen) atoms. The molecule has 1 aromatic heterocycles. The number of nitrogens with zero attached hydrogens (tertiary/aromatic N) is 2. The van der Waals surface area contributed by atoms with Crippen LogP contribution in [-0.4, -0.2) is 46.1 Å². The number of hydrogen-bond acceptors (Lipinski definition) is 4. The third-order valence-corrected chi connectivity index (χ3v) is 4.46. The molecule has 1 aromatic carbocycles. The molecule has 1 aliphatic heterocycles. The van der Waals surface area contributed by atoms with Gasteiger partial charge in [-0.05, 0) is 23.6 Å². The fourth-order valence-electron chi connectivity index (χ4n) is 3.28. The smallest absolute Gasteiger partial charge is 0.270 e. The Morgan fingerprint density at radius 1 is 1.21 bits per heavy atom. The minimum atomic E-state index is -0.592. The summed E-state index contributed by atoms with van der Waals surface area (Å²) in [5, 5.41) is 13.4. The van der Waals surface area contributed by atoms with Crippen molar-refractivity contribution in [2.45, 2.75) is 25.6 Å². The number of rotatable bonds is 4. The number of aromatic nitrogens is 1. The summed E-state index contributed by atoms with van der Waals surface area (Å²) in [6.07, 6.45) is 1.00. The van der Waals surface area contributed by atoms with Crippen LogP contribution >= 0.6 is 0 Å². The Kier molecular flexibility index (Phi) is 5.23. The van der Waals surface area contributed by atoms with E-state index < -0.39 is 6.10 Å². The molecule has 1 aliphatic rings. The minimum absolute atomic E-state index is 0.158. The van der Waals surface area contributed by atoms with Gasteiger partial charge in [-0.25, -0.2) is 0 Å². The van der Waals surface area contributed by atoms with Gasteiger partial charge in [-0.15, -0.1) is 0 Å². The van der Waals surface area contributed by atoms with Gasteiger partial charge >= 0.3 is 0 Å². The molecule has 2 heterocycles. The standard InChI is InChI=1S/C19H23N3O2/c1-14-11-22(12-15-7-3-2-4-8-15)13-17(23)18(14)21-19(24)16-9-5-6-10-20-16/h2-10,14,17-18,23H,11-13H2,1H3,(H,21,24). The second-order valence-electron chi connectivity index (χ2n) is 6.44. The van der Waals surface area contributed by atoms with Gasteiger partial charge in [-0.1, -0.05) is 43.3 Å². The molecule has 126 valence electrons. The molecule has 1 saturated heterocycles. The predicted octanol–water partition coefficient (Wildman–Crippen LogP) is 1.69. The molecular formula is C19H23N3O2. The van der Waals surface area contributed by atoms with E-state index in [1.54, 1.807) is 24.4 Å². The van der Waals surface area contributed by atoms with Gasteiger partial charge < -0.3 is 10.4 Å². The van der Waals surface area contributed by atoms with Crippen LogP contribution in [0.1, 0.15) is 23.0 Å². The fourth-order valence-corrected chi connectivity index (χ4v) is 3.28. The van der Waals surface area contributed by atoms with Gasteiger partial charge in [0.2, 0.25) is 0 Å². The quantitative estimate of drug-likeness (QED) is 0.898. The van der Waals surface area contributed by atoms with Crippen LogP contribution in [0.5, 0.6) is 0 Å². The number of nitrogens with one attached hydrogen (secondary N) is 1. The number of likely N-dealkylation sites (tertiary alicyclic amines) is 1. The first-order chi connectivity index (χ1) is 11.6. The molecular weight excluding hydrogens is 302 g/mol. The molecule has 3 rings (SSSR count). The van der Waals surface area contributed by atoms with Crippen LogP contribution in [0.4, 0.5) is 0 Å². The molecule has 3 unspecified atom stereocenters. The summed E-state index contributed by atoms with van der Waals surface area (Å²) < 4.78 is 0. The van der Waals surface area contributed by atoms with E-state index in [4.69, 9.17) is 0 Å². The fraction of sp³-hybridized carbons (Fsp3) is 0.368. The number of carbonyl (C=O) groups excluding carboxylic acids is 1. The Morgan fingerprint density at radius 3 is 2.62 bits per heavy atom. The molecule has 2 aromatic rings. The van der Waals surface area contributed by atoms with Crippen molar-refractivity contribution in [3.63, 3.8) is 0 Å². The van der Waals surface area contributed by atoms with Gasteiger partial charge in [0.25, 0.3) is 5.91 Å². The number of piperidine rings is 1. The van der Waals surface area contributed by atoms with E-state index in [2.05, 4.69) is 34.3 Å². The number of aliphatic hydroxyl groups is 1. The Labute approximate surface area is 142 Å². The largest absolute Gasteiger partial charge is 0.390 e. The zero-order valence-corrected chi connectivity index (χ0v) is 13.8. The van der Waals surface area contributed by atoms with Crippen molar-refractivity contribution in [1.29, 1.82) is 0 Å². The summed E-state index contributed by atoms with van der Waals surface area (Å²) >= 11 is 0. The van der Waals surface area contributed by atoms with Crippen molar-refractivity contribution in [2.24, 2.45) is 5.92 Å². The van der Waals surface area contributed by atoms with Gasteiger partial charge in [-0.2, -0.15) is 0 Å². The zero-order valence-electron chi connectivity index (χ0n) is 13.8. The average Bonchev–Trinajstić information content (AvgIpc) is 2.59. The molecule has 0 aliphatic carbocycles. The normalized spacial score (nSPS) is 24.5. The van der Waals surface area contributed by atoms with Gasteiger partial charge in [-0.3, -0.25) is 14.7 Å². The van der Waals surface area contributed by atoms with Crippen LogP contribution in [0.2, 0.25) is 0 Å². The van der Waals surface area contributed by atoms with Gasteiger partial charge in [0, 0.05) is 25.8 Å². The maximum Gasteiger partial charge on any atom is 0.270 e. The number of aliphatic hydroxyl groups excluding tert-OH is 1. The van der Waals surface area contributed by atoms with E-state index >= 15 is 0 Å². The topological polar surface area (TPSA) is 65.5 Å². The Hall–Kier alpha value is -2.24. The second-order valence-corrected chi connectivity index (χ2v) is 6.44. The van der Waals surface area contributed by atoms with Gasteiger partial charge in [0.15, 0.2) is 0 Å². The zero-order chi connectivity index (χ0) is 16.9. The second kappa shape index (κ2) is 7.55. The number of pyridine rings is 1. The summed E-state index contributed by atoms with van der Waals surface area (Å²) in [4.78, 5) is 18.6. The number of β-amino-alcohol motifs (C(OH)–C–C–N with tert-alkyl or cyclic N) is 1. The molecule has 1 amide bonds. The number of hydrogen-bond donors (Lipinski definition) is 2. The summed E-state index contributed by atoms with van der Waals surface area (Å²) in [6.45, 7) is 4.25. The SMILES string of the molecule is CC1CN(Cc2ccccc2)CC(O)C1NC(=O)c1ccccn1. The van der Waals surface area contributed by atoms with Crippen molar-refractivity contribution >= 4 is 5.91 Å². The molecule has 0 spiro atoms. The highest BCUT2D eigenvalue weighted by molar-refractivity contribution is 5.92. The van der Waals surface area contributed by atoms with Crippen LogP contribution in [0.15, 0.2) is 54.7 Å². The summed E-state index contributed by atoms with van der Waals surface area (Å²) in [5.74, 6) is -0.0758. The highest BCUT2D eigenvalue weighted by Gasteiger charge is 2.34. The summed E-state index contributed by atoms with van der Waals surface area (Å²) in [5.41, 5.74) is 1.61. The number of amides is 1. The van der Waals surface area contributed by atoms with Gasteiger partial charge in [0.05, 0.1) is 12.1 Å². The summed E-state index contributed by atoms with van der Waals surface area (Å²) in [6, 6.07) is 15.2. The molecule has 2 N–H and O–H groups in total. The van der Waals surface area contributed by atoms with Crippen LogP contribution in [0.25, 0.3) is 0 Å². The van der Waals surface area contributed by atoms with Gasteiger partial charge in [0.1, 0.15) is 5.69 Å². The molecule has 0 saturated carbocycles. The highest BCUT2D eigenvalue weighted by Crippen LogP contribution is 2.20. The third kappa shape index (κ3) is 3.99. The van der Waals surface area contributed by atoms with Crippen LogP contribution in [-0.2, 0) is 6.54 Å². The molecule has 0 bridgehead atoms. The molecule has 3 atom stereocenters. The molecule has 5 nitrogen and oxygen atoms in total. The van der Waals surface area contributed by atoms with Crippen molar-refractivity contribution < 1.29 is 9.90 Å². The van der Waals surface area contributed by atoms with Crippen molar-refractivity contribution in [2.75, 3.05) is 13.1 Å². The predicted molar refractivity (Wildman–Crippen MR) is 92.4 cm³/mol. The number of benzene rings is 1. The van der Waals surface area contributed by atoms with E-state index in [0.717, 1.165) is 13.1 Å². The maximum atomic E-state index is 12.3. The molecule has 1 fully saturated rings. The first-order valence-electron chi connectivity index (χ1n) is 8.29. The first-order valence-corrected chi connectivity index (χ1v) is 8.29. The molecule has 5 heteroatoms. The first kappa shape index (κ1) is 16.6. The lowest BCUT2D eigenvalue weighted by Gasteiger charge is -2.40. The van der Waals surface area contributed by atoms with Crippen LogP contribution < -0.4 is 5.32 Å². The monoisotopic (exact) mass is 325 g/mol. The lowest BCUT2D eigenvalue weighted by molar-refractivity contribution is 0.00874. The van der Waals surface area contributed by atoms with E-state index in [-0.39, 0.29) is 17.9 Å². The molecule has 0 radical (unpaired) electrons. The van der Waals surface area contributed by atoms with Crippen LogP contribution in [0, 0.1) is 5.92 Å². The Bertz CT molecular complexity index is 651. The van der Waals surface area contributed by atoms with Crippen molar-refractivity contribution in [1.82, 2.24) is 15.2 Å². The summed E-state index contributed by atoms with van der Waals surface area (Å²) in [7, 11) is 0. The van der Waals surface area contributed by atoms with E-state index in [9.17, 15) is 9.90 Å². The lowest BCUT2D eigenvalue weighted by Crippen LogP contribution is -2.58. The average molecular weight is 325 g/mol. The van der Waals surface area contributed by atoms with E-state index in [0.29, 0.717) is 12.2 Å². The van der Waals surface area contributed by atoms with E-state index in [1.165, 1.54) is 5.56 Å². The van der Waals surface area contributed by atoms with Crippen LogP contribution in [0.3, 0.4) is 0 Å². The van der Waals surface area contributed by atoms with Crippen molar-refractivity contribution in [3.05, 3.63) is 66.0 Å². The Balaban J connectivity index is 1.60.